The summed E-state index contributed by atoms with van der Waals surface area (Å²) in [6, 6.07) is 4.21. The summed E-state index contributed by atoms with van der Waals surface area (Å²) in [7, 11) is -3.58. The van der Waals surface area contributed by atoms with Crippen LogP contribution in [0.3, 0.4) is 0 Å². The Morgan fingerprint density at radius 2 is 1.96 bits per heavy atom. The van der Waals surface area contributed by atoms with Crippen LogP contribution in [0.25, 0.3) is 0 Å². The van der Waals surface area contributed by atoms with E-state index in [4.69, 9.17) is 0 Å². The number of anilines is 1. The molecule has 0 spiro atoms. The molecule has 0 radical (unpaired) electrons. The van der Waals surface area contributed by atoms with Crippen molar-refractivity contribution in [2.75, 3.05) is 17.6 Å². The number of aromatic nitrogens is 2. The summed E-state index contributed by atoms with van der Waals surface area (Å²) >= 11 is 0. The Balaban J connectivity index is 1.84. The summed E-state index contributed by atoms with van der Waals surface area (Å²) < 4.78 is 38.6. The number of nitrogens with one attached hydrogen (secondary N) is 2. The maximum absolute atomic E-state index is 12.8. The van der Waals surface area contributed by atoms with Crippen molar-refractivity contribution in [2.24, 2.45) is 0 Å². The van der Waals surface area contributed by atoms with Crippen LogP contribution in [-0.4, -0.2) is 36.5 Å². The lowest BCUT2D eigenvalue weighted by Gasteiger charge is -2.07. The van der Waals surface area contributed by atoms with Gasteiger partial charge < -0.3 is 10.6 Å². The van der Waals surface area contributed by atoms with E-state index in [2.05, 4.69) is 15.7 Å². The van der Waals surface area contributed by atoms with Gasteiger partial charge in [0.1, 0.15) is 5.82 Å². The molecule has 2 N–H and O–H groups in total. The molecule has 130 valence electrons. The van der Waals surface area contributed by atoms with Gasteiger partial charge in [-0.15, -0.1) is 0 Å². The largest absolute Gasteiger partial charge is 0.337 e. The summed E-state index contributed by atoms with van der Waals surface area (Å²) in [6.45, 7) is 3.85. The molecule has 2 aromatic rings. The van der Waals surface area contributed by atoms with Gasteiger partial charge in [0.25, 0.3) is 0 Å². The van der Waals surface area contributed by atoms with Crippen LogP contribution in [0.2, 0.25) is 0 Å². The maximum atomic E-state index is 12.8. The highest BCUT2D eigenvalue weighted by Gasteiger charge is 2.15. The molecule has 0 bridgehead atoms. The van der Waals surface area contributed by atoms with Gasteiger partial charge in [0, 0.05) is 18.8 Å². The van der Waals surface area contributed by atoms with Gasteiger partial charge in [-0.1, -0.05) is 0 Å². The Kier molecular flexibility index (Phi) is 5.55. The molecule has 0 unspecified atom stereocenters. The average molecular weight is 354 g/mol. The number of nitrogens with zero attached hydrogens (tertiary/aromatic N) is 2. The standard InChI is InChI=1S/C15H19FN4O3S/c1-11(2)20-10-13(9-18-20)19-15(21)17-7-8-24(22,23)14-5-3-12(16)4-6-14/h3-6,9-11H,7-8H2,1-2H3,(H2,17,19,21). The van der Waals surface area contributed by atoms with Crippen LogP contribution in [0.4, 0.5) is 14.9 Å². The van der Waals surface area contributed by atoms with E-state index < -0.39 is 21.7 Å². The van der Waals surface area contributed by atoms with Crippen LogP contribution < -0.4 is 10.6 Å². The van der Waals surface area contributed by atoms with Crippen molar-refractivity contribution in [3.63, 3.8) is 0 Å². The molecule has 1 aromatic carbocycles. The third kappa shape index (κ3) is 4.79. The van der Waals surface area contributed by atoms with Gasteiger partial charge in [-0.05, 0) is 38.1 Å². The Morgan fingerprint density at radius 3 is 2.54 bits per heavy atom. The molecule has 0 fully saturated rings. The number of hydrogen-bond acceptors (Lipinski definition) is 4. The van der Waals surface area contributed by atoms with Crippen molar-refractivity contribution in [2.45, 2.75) is 24.8 Å². The Morgan fingerprint density at radius 1 is 1.29 bits per heavy atom. The normalized spacial score (nSPS) is 11.5. The van der Waals surface area contributed by atoms with Crippen molar-refractivity contribution in [3.05, 3.63) is 42.5 Å². The molecule has 0 aliphatic heterocycles. The fourth-order valence-electron chi connectivity index (χ4n) is 1.92. The molecule has 1 aromatic heterocycles. The molecule has 1 heterocycles. The number of rotatable bonds is 6. The lowest BCUT2D eigenvalue weighted by Crippen LogP contribution is -2.32. The molecule has 0 aliphatic rings. The lowest BCUT2D eigenvalue weighted by molar-refractivity contribution is 0.252. The predicted molar refractivity (Wildman–Crippen MR) is 88.1 cm³/mol. The van der Waals surface area contributed by atoms with Crippen LogP contribution in [0.5, 0.6) is 0 Å². The SMILES string of the molecule is CC(C)n1cc(NC(=O)NCCS(=O)(=O)c2ccc(F)cc2)cn1. The monoisotopic (exact) mass is 354 g/mol. The Hall–Kier alpha value is -2.42. The van der Waals surface area contributed by atoms with E-state index >= 15 is 0 Å². The molecule has 0 saturated heterocycles. The molecule has 2 rings (SSSR count). The van der Waals surface area contributed by atoms with Gasteiger partial charge in [-0.3, -0.25) is 4.68 Å². The number of hydrogen-bond donors (Lipinski definition) is 2. The van der Waals surface area contributed by atoms with E-state index in [1.54, 1.807) is 10.9 Å². The van der Waals surface area contributed by atoms with Gasteiger partial charge in [0.15, 0.2) is 9.84 Å². The lowest BCUT2D eigenvalue weighted by atomic mass is 10.4. The summed E-state index contributed by atoms with van der Waals surface area (Å²) in [6.07, 6.45) is 3.19. The van der Waals surface area contributed by atoms with Crippen LogP contribution in [0, 0.1) is 5.82 Å². The first-order valence-corrected chi connectivity index (χ1v) is 9.00. The predicted octanol–water partition coefficient (Wildman–Crippen LogP) is 2.20. The zero-order valence-electron chi connectivity index (χ0n) is 13.4. The highest BCUT2D eigenvalue weighted by Crippen LogP contribution is 2.12. The summed E-state index contributed by atoms with van der Waals surface area (Å²) in [5.41, 5.74) is 0.516. The van der Waals surface area contributed by atoms with Gasteiger partial charge in [0.05, 0.1) is 22.5 Å². The van der Waals surface area contributed by atoms with E-state index in [0.717, 1.165) is 12.1 Å². The first-order chi connectivity index (χ1) is 11.3. The number of carbonyl (C=O) groups is 1. The second-order valence-corrected chi connectivity index (χ2v) is 7.57. The molecule has 2 amide bonds. The van der Waals surface area contributed by atoms with E-state index in [1.165, 1.54) is 18.3 Å². The summed E-state index contributed by atoms with van der Waals surface area (Å²) in [4.78, 5) is 11.8. The minimum atomic E-state index is -3.58. The van der Waals surface area contributed by atoms with Gasteiger partial charge >= 0.3 is 6.03 Å². The fraction of sp³-hybridized carbons (Fsp3) is 0.333. The van der Waals surface area contributed by atoms with Crippen LogP contribution in [0.1, 0.15) is 19.9 Å². The summed E-state index contributed by atoms with van der Waals surface area (Å²) in [5, 5.41) is 9.12. The molecule has 0 atom stereocenters. The molecule has 7 nitrogen and oxygen atoms in total. The van der Waals surface area contributed by atoms with E-state index in [1.807, 2.05) is 13.8 Å². The van der Waals surface area contributed by atoms with Gasteiger partial charge in [-0.2, -0.15) is 5.10 Å². The van der Waals surface area contributed by atoms with Crippen LogP contribution >= 0.6 is 0 Å². The zero-order chi connectivity index (χ0) is 17.7. The van der Waals surface area contributed by atoms with Crippen molar-refractivity contribution in [1.29, 1.82) is 0 Å². The van der Waals surface area contributed by atoms with Gasteiger partial charge in [-0.25, -0.2) is 17.6 Å². The second-order valence-electron chi connectivity index (χ2n) is 5.46. The molecule has 0 saturated carbocycles. The molecular formula is C15H19FN4O3S. The van der Waals surface area contributed by atoms with Crippen molar-refractivity contribution >= 4 is 21.6 Å². The fourth-order valence-corrected chi connectivity index (χ4v) is 3.08. The van der Waals surface area contributed by atoms with Crippen molar-refractivity contribution in [1.82, 2.24) is 15.1 Å². The smallest absolute Gasteiger partial charge is 0.319 e. The van der Waals surface area contributed by atoms with E-state index in [0.29, 0.717) is 5.69 Å². The molecule has 9 heteroatoms. The molecule has 24 heavy (non-hydrogen) atoms. The minimum absolute atomic E-state index is 0.0179. The quantitative estimate of drug-likeness (QED) is 0.778. The van der Waals surface area contributed by atoms with E-state index in [9.17, 15) is 17.6 Å². The first kappa shape index (κ1) is 17.9. The summed E-state index contributed by atoms with van der Waals surface area (Å²) in [5.74, 6) is -0.787. The molecule has 0 aliphatic carbocycles. The Bertz CT molecular complexity index is 800. The third-order valence-electron chi connectivity index (χ3n) is 3.22. The number of urea groups is 1. The zero-order valence-corrected chi connectivity index (χ0v) is 14.2. The van der Waals surface area contributed by atoms with Crippen LogP contribution in [0.15, 0.2) is 41.6 Å². The number of halogens is 1. The van der Waals surface area contributed by atoms with Crippen molar-refractivity contribution < 1.29 is 17.6 Å². The minimum Gasteiger partial charge on any atom is -0.337 e. The highest BCUT2D eigenvalue weighted by atomic mass is 32.2. The Labute approximate surface area is 139 Å². The topological polar surface area (TPSA) is 93.1 Å². The van der Waals surface area contributed by atoms with Crippen LogP contribution in [-0.2, 0) is 9.84 Å². The van der Waals surface area contributed by atoms with E-state index in [-0.39, 0.29) is 23.2 Å². The molecular weight excluding hydrogens is 335 g/mol. The van der Waals surface area contributed by atoms with Gasteiger partial charge in [0.2, 0.25) is 0 Å². The highest BCUT2D eigenvalue weighted by molar-refractivity contribution is 7.91. The first-order valence-electron chi connectivity index (χ1n) is 7.35. The maximum Gasteiger partial charge on any atom is 0.319 e. The van der Waals surface area contributed by atoms with Crippen molar-refractivity contribution in [3.8, 4) is 0 Å². The number of amides is 2. The number of sulfone groups is 1. The average Bonchev–Trinajstić information content (AvgIpc) is 2.96. The third-order valence-corrected chi connectivity index (χ3v) is 4.95. The number of benzene rings is 1. The second kappa shape index (κ2) is 7.43. The number of carbonyl (C=O) groups excluding carboxylic acids is 1.